The molecule has 4 heteroatoms. The van der Waals surface area contributed by atoms with Crippen LogP contribution in [0.3, 0.4) is 0 Å². The summed E-state index contributed by atoms with van der Waals surface area (Å²) in [5.41, 5.74) is 7.58. The molecule has 0 saturated heterocycles. The van der Waals surface area contributed by atoms with Crippen LogP contribution < -0.4 is 11.3 Å². The Kier molecular flexibility index (Phi) is 3.31. The normalized spacial score (nSPS) is 10.9. The van der Waals surface area contributed by atoms with Crippen molar-refractivity contribution in [1.82, 2.24) is 4.98 Å². The van der Waals surface area contributed by atoms with Crippen LogP contribution in [0.2, 0.25) is 0 Å². The van der Waals surface area contributed by atoms with E-state index in [4.69, 9.17) is 5.84 Å². The second-order valence-corrected chi connectivity index (χ2v) is 5.18. The molecule has 0 atom stereocenters. The van der Waals surface area contributed by atoms with E-state index in [0.29, 0.717) is 5.82 Å². The van der Waals surface area contributed by atoms with Gasteiger partial charge in [0, 0.05) is 10.9 Å². The van der Waals surface area contributed by atoms with E-state index in [1.807, 2.05) is 19.1 Å². The predicted octanol–water partition coefficient (Wildman–Crippen LogP) is 3.94. The summed E-state index contributed by atoms with van der Waals surface area (Å²) in [4.78, 5) is 4.58. The maximum absolute atomic E-state index is 13.1. The van der Waals surface area contributed by atoms with Gasteiger partial charge < -0.3 is 5.43 Å². The summed E-state index contributed by atoms with van der Waals surface area (Å²) in [5.74, 6) is 5.92. The topological polar surface area (TPSA) is 50.9 Å². The third-order valence-electron chi connectivity index (χ3n) is 3.58. The molecule has 106 valence electrons. The minimum Gasteiger partial charge on any atom is -0.308 e. The van der Waals surface area contributed by atoms with Crippen LogP contribution in [0.25, 0.3) is 22.0 Å². The Labute approximate surface area is 122 Å². The Hall–Kier alpha value is -2.46. The van der Waals surface area contributed by atoms with Crippen LogP contribution in [0.5, 0.6) is 0 Å². The van der Waals surface area contributed by atoms with Crippen LogP contribution >= 0.6 is 0 Å². The predicted molar refractivity (Wildman–Crippen MR) is 84.4 cm³/mol. The number of nitrogens with one attached hydrogen (secondary N) is 1. The summed E-state index contributed by atoms with van der Waals surface area (Å²) in [5, 5.41) is 1.07. The number of anilines is 1. The number of benzene rings is 2. The molecule has 0 bridgehead atoms. The van der Waals surface area contributed by atoms with Crippen molar-refractivity contribution in [3.05, 3.63) is 59.4 Å². The summed E-state index contributed by atoms with van der Waals surface area (Å²) in [7, 11) is 0. The fraction of sp³-hybridized carbons (Fsp3) is 0.118. The van der Waals surface area contributed by atoms with Gasteiger partial charge in [0.15, 0.2) is 0 Å². The van der Waals surface area contributed by atoms with Crippen molar-refractivity contribution in [3.8, 4) is 11.1 Å². The molecular formula is C17H16FN3. The molecule has 2 aromatic carbocycles. The number of aromatic nitrogens is 1. The molecule has 0 aliphatic carbocycles. The van der Waals surface area contributed by atoms with Crippen molar-refractivity contribution >= 4 is 16.7 Å². The summed E-state index contributed by atoms with van der Waals surface area (Å²) in [6.07, 6.45) is 0. The molecular weight excluding hydrogens is 265 g/mol. The number of hydrogen-bond donors (Lipinski definition) is 2. The maximum atomic E-state index is 13.1. The van der Waals surface area contributed by atoms with Gasteiger partial charge in [0.1, 0.15) is 11.6 Å². The van der Waals surface area contributed by atoms with E-state index in [2.05, 4.69) is 23.4 Å². The Balaban J connectivity index is 2.28. The van der Waals surface area contributed by atoms with Crippen molar-refractivity contribution in [2.45, 2.75) is 13.8 Å². The van der Waals surface area contributed by atoms with Gasteiger partial charge in [-0.1, -0.05) is 18.2 Å². The number of fused-ring (bicyclic) bond motifs is 1. The lowest BCUT2D eigenvalue weighted by molar-refractivity contribution is 0.628. The number of halogens is 1. The lowest BCUT2D eigenvalue weighted by atomic mass is 10.0. The Morgan fingerprint density at radius 3 is 2.43 bits per heavy atom. The zero-order valence-electron chi connectivity index (χ0n) is 11.9. The second-order valence-electron chi connectivity index (χ2n) is 5.18. The van der Waals surface area contributed by atoms with Gasteiger partial charge in [-0.2, -0.15) is 0 Å². The Morgan fingerprint density at radius 2 is 1.76 bits per heavy atom. The summed E-state index contributed by atoms with van der Waals surface area (Å²) in [6, 6.07) is 12.5. The number of pyridine rings is 1. The average Bonchev–Trinajstić information content (AvgIpc) is 2.47. The number of nitrogens with two attached hydrogens (primary N) is 1. The Bertz CT molecular complexity index is 810. The van der Waals surface area contributed by atoms with Gasteiger partial charge in [-0.25, -0.2) is 15.2 Å². The number of nitrogen functional groups attached to an aromatic ring is 1. The van der Waals surface area contributed by atoms with E-state index in [1.165, 1.54) is 12.1 Å². The van der Waals surface area contributed by atoms with Crippen LogP contribution in [-0.2, 0) is 0 Å². The van der Waals surface area contributed by atoms with Gasteiger partial charge in [-0.05, 0) is 54.8 Å². The zero-order valence-corrected chi connectivity index (χ0v) is 11.9. The van der Waals surface area contributed by atoms with Crippen molar-refractivity contribution in [1.29, 1.82) is 0 Å². The second kappa shape index (κ2) is 5.14. The number of nitrogens with zero attached hydrogens (tertiary/aromatic N) is 1. The maximum Gasteiger partial charge on any atom is 0.148 e. The molecule has 0 fully saturated rings. The summed E-state index contributed by atoms with van der Waals surface area (Å²) in [6.45, 7) is 4.10. The number of hydrazine groups is 1. The van der Waals surface area contributed by atoms with Crippen molar-refractivity contribution in [3.63, 3.8) is 0 Å². The molecule has 1 aromatic heterocycles. The van der Waals surface area contributed by atoms with E-state index < -0.39 is 0 Å². The van der Waals surface area contributed by atoms with E-state index in [1.54, 1.807) is 12.1 Å². The van der Waals surface area contributed by atoms with E-state index in [-0.39, 0.29) is 5.82 Å². The third kappa shape index (κ3) is 2.45. The molecule has 0 amide bonds. The highest BCUT2D eigenvalue weighted by Crippen LogP contribution is 2.31. The first-order valence-corrected chi connectivity index (χ1v) is 6.73. The summed E-state index contributed by atoms with van der Waals surface area (Å²) < 4.78 is 13.1. The van der Waals surface area contributed by atoms with Crippen molar-refractivity contribution in [2.24, 2.45) is 5.84 Å². The molecule has 21 heavy (non-hydrogen) atoms. The highest BCUT2D eigenvalue weighted by molar-refractivity contribution is 5.91. The van der Waals surface area contributed by atoms with E-state index >= 15 is 0 Å². The fourth-order valence-electron chi connectivity index (χ4n) is 2.59. The minimum atomic E-state index is -0.262. The molecule has 0 radical (unpaired) electrons. The van der Waals surface area contributed by atoms with Crippen LogP contribution in [0.4, 0.5) is 10.2 Å². The SMILES string of the molecule is Cc1cc(C)c2cc(-c3ccc(F)cc3)c(NN)nc2c1. The van der Waals surface area contributed by atoms with Crippen molar-refractivity contribution in [2.75, 3.05) is 5.43 Å². The standard InChI is InChI=1S/C17H16FN3/c1-10-7-11(2)14-9-15(12-3-5-13(18)6-4-12)17(21-19)20-16(14)8-10/h3-9H,19H2,1-2H3,(H,20,21). The first-order valence-electron chi connectivity index (χ1n) is 6.73. The van der Waals surface area contributed by atoms with Crippen molar-refractivity contribution < 1.29 is 4.39 Å². The highest BCUT2D eigenvalue weighted by Gasteiger charge is 2.10. The average molecular weight is 281 g/mol. The lowest BCUT2D eigenvalue weighted by Crippen LogP contribution is -2.10. The Morgan fingerprint density at radius 1 is 1.05 bits per heavy atom. The van der Waals surface area contributed by atoms with Crippen LogP contribution in [0, 0.1) is 19.7 Å². The minimum absolute atomic E-state index is 0.262. The smallest absolute Gasteiger partial charge is 0.148 e. The molecule has 0 saturated carbocycles. The monoisotopic (exact) mass is 281 g/mol. The lowest BCUT2D eigenvalue weighted by Gasteiger charge is -2.12. The zero-order chi connectivity index (χ0) is 15.0. The van der Waals surface area contributed by atoms with Gasteiger partial charge >= 0.3 is 0 Å². The fourth-order valence-corrected chi connectivity index (χ4v) is 2.59. The molecule has 0 unspecified atom stereocenters. The van der Waals surface area contributed by atoms with Crippen LogP contribution in [0.15, 0.2) is 42.5 Å². The van der Waals surface area contributed by atoms with Gasteiger partial charge in [0.25, 0.3) is 0 Å². The van der Waals surface area contributed by atoms with Gasteiger partial charge in [-0.3, -0.25) is 0 Å². The number of aryl methyl sites for hydroxylation is 2. The number of rotatable bonds is 2. The molecule has 0 spiro atoms. The van der Waals surface area contributed by atoms with Crippen LogP contribution in [0.1, 0.15) is 11.1 Å². The van der Waals surface area contributed by atoms with Crippen LogP contribution in [-0.4, -0.2) is 4.98 Å². The van der Waals surface area contributed by atoms with Gasteiger partial charge in [-0.15, -0.1) is 0 Å². The third-order valence-corrected chi connectivity index (χ3v) is 3.58. The molecule has 3 N–H and O–H groups in total. The molecule has 0 aliphatic heterocycles. The first-order chi connectivity index (χ1) is 10.1. The molecule has 3 rings (SSSR count). The summed E-state index contributed by atoms with van der Waals surface area (Å²) >= 11 is 0. The van der Waals surface area contributed by atoms with E-state index in [9.17, 15) is 4.39 Å². The van der Waals surface area contributed by atoms with E-state index in [0.717, 1.165) is 33.2 Å². The first kappa shape index (κ1) is 13.5. The highest BCUT2D eigenvalue weighted by atomic mass is 19.1. The molecule has 3 nitrogen and oxygen atoms in total. The van der Waals surface area contributed by atoms with Gasteiger partial charge in [0.05, 0.1) is 5.52 Å². The largest absolute Gasteiger partial charge is 0.308 e. The van der Waals surface area contributed by atoms with Gasteiger partial charge in [0.2, 0.25) is 0 Å². The molecule has 1 heterocycles. The quantitative estimate of drug-likeness (QED) is 0.552. The molecule has 3 aromatic rings. The molecule has 0 aliphatic rings. The number of hydrogen-bond acceptors (Lipinski definition) is 3.